The van der Waals surface area contributed by atoms with Gasteiger partial charge in [0.05, 0.1) is 6.10 Å². The van der Waals surface area contributed by atoms with E-state index in [9.17, 15) is 5.11 Å². The maximum absolute atomic E-state index is 9.95. The molecule has 2 saturated carbocycles. The van der Waals surface area contributed by atoms with Gasteiger partial charge < -0.3 is 10.4 Å². The minimum absolute atomic E-state index is 0.214. The molecule has 0 aromatic rings. The van der Waals surface area contributed by atoms with E-state index in [-0.39, 0.29) is 6.10 Å². The maximum Gasteiger partial charge on any atom is 0.0687 e. The summed E-state index contributed by atoms with van der Waals surface area (Å²) in [5.74, 6) is 1.22. The van der Waals surface area contributed by atoms with Gasteiger partial charge in [-0.25, -0.2) is 0 Å². The van der Waals surface area contributed by atoms with Crippen molar-refractivity contribution in [1.82, 2.24) is 5.32 Å². The highest BCUT2D eigenvalue weighted by Gasteiger charge is 2.58. The van der Waals surface area contributed by atoms with Crippen LogP contribution in [0.3, 0.4) is 0 Å². The normalized spacial score (nSPS) is 41.1. The number of nitrogens with one attached hydrogen (secondary N) is 1. The van der Waals surface area contributed by atoms with Gasteiger partial charge in [0, 0.05) is 12.6 Å². The Kier molecular flexibility index (Phi) is 3.33. The van der Waals surface area contributed by atoms with Gasteiger partial charge in [-0.3, -0.25) is 0 Å². The lowest BCUT2D eigenvalue weighted by atomic mass is 9.68. The summed E-state index contributed by atoms with van der Waals surface area (Å²) in [5.41, 5.74) is 0.856. The number of hydrogen-bond donors (Lipinski definition) is 2. The highest BCUT2D eigenvalue weighted by atomic mass is 16.3. The lowest BCUT2D eigenvalue weighted by Gasteiger charge is -2.43. The molecule has 2 bridgehead atoms. The van der Waals surface area contributed by atoms with E-state index in [1.807, 2.05) is 0 Å². The van der Waals surface area contributed by atoms with E-state index in [0.717, 1.165) is 12.5 Å². The fraction of sp³-hybridized carbons (Fsp3) is 1.00. The van der Waals surface area contributed by atoms with Crippen molar-refractivity contribution in [2.75, 3.05) is 6.54 Å². The van der Waals surface area contributed by atoms with Crippen molar-refractivity contribution in [3.8, 4) is 0 Å². The number of hydrogen-bond acceptors (Lipinski definition) is 2. The van der Waals surface area contributed by atoms with Crippen LogP contribution < -0.4 is 5.32 Å². The Morgan fingerprint density at radius 3 is 2.41 bits per heavy atom. The van der Waals surface area contributed by atoms with E-state index < -0.39 is 0 Å². The second-order valence-corrected chi connectivity index (χ2v) is 7.57. The van der Waals surface area contributed by atoms with E-state index in [4.69, 9.17) is 0 Å². The molecular formula is C15H29NO. The first kappa shape index (κ1) is 13.4. The van der Waals surface area contributed by atoms with E-state index in [1.165, 1.54) is 19.3 Å². The molecule has 2 N–H and O–H groups in total. The van der Waals surface area contributed by atoms with Crippen LogP contribution in [-0.4, -0.2) is 23.8 Å². The van der Waals surface area contributed by atoms with Crippen molar-refractivity contribution in [3.05, 3.63) is 0 Å². The van der Waals surface area contributed by atoms with Crippen LogP contribution in [0.5, 0.6) is 0 Å². The third-order valence-corrected chi connectivity index (χ3v) is 5.57. The molecule has 100 valence electrons. The molecule has 0 aromatic heterocycles. The first-order valence-electron chi connectivity index (χ1n) is 7.19. The molecule has 2 rings (SSSR count). The van der Waals surface area contributed by atoms with Crippen LogP contribution in [0.25, 0.3) is 0 Å². The first-order valence-corrected chi connectivity index (χ1v) is 7.19. The Hall–Kier alpha value is -0.0800. The molecule has 0 heterocycles. The van der Waals surface area contributed by atoms with Crippen LogP contribution in [0.2, 0.25) is 0 Å². The second kappa shape index (κ2) is 4.24. The van der Waals surface area contributed by atoms with E-state index in [2.05, 4.69) is 39.9 Å². The summed E-state index contributed by atoms with van der Waals surface area (Å²) in [6, 6.07) is 0.571. The Morgan fingerprint density at radius 2 is 1.94 bits per heavy atom. The Bertz CT molecular complexity index is 282. The molecule has 2 aliphatic rings. The van der Waals surface area contributed by atoms with Gasteiger partial charge in [-0.05, 0) is 41.9 Å². The largest absolute Gasteiger partial charge is 0.392 e. The summed E-state index contributed by atoms with van der Waals surface area (Å²) >= 11 is 0. The van der Waals surface area contributed by atoms with Gasteiger partial charge in [0.15, 0.2) is 0 Å². The lowest BCUT2D eigenvalue weighted by molar-refractivity contribution is 0.0731. The van der Waals surface area contributed by atoms with Crippen LogP contribution in [-0.2, 0) is 0 Å². The third-order valence-electron chi connectivity index (χ3n) is 5.57. The summed E-state index contributed by atoms with van der Waals surface area (Å²) in [6.45, 7) is 12.2. The van der Waals surface area contributed by atoms with Gasteiger partial charge >= 0.3 is 0 Å². The minimum Gasteiger partial charge on any atom is -0.392 e. The van der Waals surface area contributed by atoms with E-state index >= 15 is 0 Å². The zero-order valence-electron chi connectivity index (χ0n) is 12.1. The second-order valence-electron chi connectivity index (χ2n) is 7.57. The topological polar surface area (TPSA) is 32.3 Å². The molecule has 0 radical (unpaired) electrons. The third kappa shape index (κ3) is 2.15. The van der Waals surface area contributed by atoms with Gasteiger partial charge in [-0.1, -0.05) is 34.6 Å². The van der Waals surface area contributed by atoms with Crippen LogP contribution in [0.4, 0.5) is 0 Å². The number of fused-ring (bicyclic) bond motifs is 2. The quantitative estimate of drug-likeness (QED) is 0.790. The van der Waals surface area contributed by atoms with Gasteiger partial charge in [0.2, 0.25) is 0 Å². The zero-order valence-corrected chi connectivity index (χ0v) is 12.1. The molecule has 4 unspecified atom stereocenters. The molecule has 2 fully saturated rings. The van der Waals surface area contributed by atoms with Crippen molar-refractivity contribution < 1.29 is 5.11 Å². The Morgan fingerprint density at radius 1 is 1.29 bits per heavy atom. The molecule has 2 nitrogen and oxygen atoms in total. The summed E-state index contributed by atoms with van der Waals surface area (Å²) in [6.07, 6.45) is 3.91. The van der Waals surface area contributed by atoms with Crippen molar-refractivity contribution in [2.45, 2.75) is 66.0 Å². The predicted octanol–water partition coefficient (Wildman–Crippen LogP) is 2.81. The van der Waals surface area contributed by atoms with Gasteiger partial charge in [0.1, 0.15) is 0 Å². The molecule has 0 aromatic carbocycles. The fourth-order valence-electron chi connectivity index (χ4n) is 4.29. The molecular weight excluding hydrogens is 210 g/mol. The van der Waals surface area contributed by atoms with E-state index in [0.29, 0.717) is 22.8 Å². The number of rotatable bonds is 4. The van der Waals surface area contributed by atoms with E-state index in [1.54, 1.807) is 0 Å². The van der Waals surface area contributed by atoms with Crippen molar-refractivity contribution in [1.29, 1.82) is 0 Å². The summed E-state index contributed by atoms with van der Waals surface area (Å²) in [5, 5.41) is 13.6. The van der Waals surface area contributed by atoms with Crippen molar-refractivity contribution >= 4 is 0 Å². The smallest absolute Gasteiger partial charge is 0.0687 e. The zero-order chi connectivity index (χ0) is 12.8. The Labute approximate surface area is 106 Å². The van der Waals surface area contributed by atoms with Gasteiger partial charge in [-0.15, -0.1) is 0 Å². The molecule has 2 heteroatoms. The monoisotopic (exact) mass is 239 g/mol. The van der Waals surface area contributed by atoms with Crippen LogP contribution in [0.15, 0.2) is 0 Å². The molecule has 0 aliphatic heterocycles. The summed E-state index contributed by atoms with van der Waals surface area (Å²) in [4.78, 5) is 0. The van der Waals surface area contributed by atoms with Crippen molar-refractivity contribution in [2.24, 2.45) is 22.7 Å². The molecule has 4 atom stereocenters. The van der Waals surface area contributed by atoms with Crippen LogP contribution in [0, 0.1) is 22.7 Å². The highest BCUT2D eigenvalue weighted by molar-refractivity contribution is 5.12. The van der Waals surface area contributed by atoms with Gasteiger partial charge in [0.25, 0.3) is 0 Å². The molecule has 0 amide bonds. The first-order chi connectivity index (χ1) is 7.77. The van der Waals surface area contributed by atoms with Crippen LogP contribution >= 0.6 is 0 Å². The summed E-state index contributed by atoms with van der Waals surface area (Å²) in [7, 11) is 0. The number of aliphatic hydroxyl groups excluding tert-OH is 1. The highest BCUT2D eigenvalue weighted by Crippen LogP contribution is 2.62. The summed E-state index contributed by atoms with van der Waals surface area (Å²) < 4.78 is 0. The molecule has 2 aliphatic carbocycles. The SMILES string of the molecule is CC(C)C(O)CNC1C2(C)CCC(C2)C1(C)C. The standard InChI is InChI=1S/C15H29NO/c1-10(2)12(17)9-16-13-14(3,4)11-6-7-15(13,5)8-11/h10-13,16-17H,6-9H2,1-5H3. The molecule has 17 heavy (non-hydrogen) atoms. The Balaban J connectivity index is 2.00. The lowest BCUT2D eigenvalue weighted by Crippen LogP contribution is -2.52. The number of aliphatic hydroxyl groups is 1. The predicted molar refractivity (Wildman–Crippen MR) is 71.9 cm³/mol. The molecule has 0 spiro atoms. The average molecular weight is 239 g/mol. The minimum atomic E-state index is -0.214. The average Bonchev–Trinajstić information content (AvgIpc) is 2.68. The van der Waals surface area contributed by atoms with Gasteiger partial charge in [-0.2, -0.15) is 0 Å². The molecule has 0 saturated heterocycles. The van der Waals surface area contributed by atoms with Crippen LogP contribution in [0.1, 0.15) is 53.9 Å². The van der Waals surface area contributed by atoms with Crippen molar-refractivity contribution in [3.63, 3.8) is 0 Å². The maximum atomic E-state index is 9.95. The fourth-order valence-corrected chi connectivity index (χ4v) is 4.29.